The monoisotopic (exact) mass is 444 g/mol. The Balaban J connectivity index is 1.99. The summed E-state index contributed by atoms with van der Waals surface area (Å²) in [5.41, 5.74) is 0. The van der Waals surface area contributed by atoms with Crippen LogP contribution in [-0.2, 0) is 28.7 Å². The van der Waals surface area contributed by atoms with Crippen LogP contribution in [0.4, 0.5) is 0 Å². The molecule has 3 N–H and O–H groups in total. The van der Waals surface area contributed by atoms with Gasteiger partial charge in [-0.25, -0.2) is 4.79 Å². The molecule has 1 aliphatic heterocycles. The van der Waals surface area contributed by atoms with Gasteiger partial charge in [-0.15, -0.1) is 0 Å². The maximum Gasteiger partial charge on any atom is 0.379 e. The molecule has 178 valence electrons. The topological polar surface area (TPSA) is 147 Å². The van der Waals surface area contributed by atoms with Crippen LogP contribution >= 0.6 is 0 Å². The number of hydrogen-bond donors (Lipinski definition) is 3. The predicted octanol–water partition coefficient (Wildman–Crippen LogP) is 2.29. The normalized spacial score (nSPS) is 19.3. The van der Waals surface area contributed by atoms with E-state index in [0.717, 1.165) is 51.4 Å². The first-order valence-electron chi connectivity index (χ1n) is 11.3. The van der Waals surface area contributed by atoms with Crippen LogP contribution < -0.4 is 0 Å². The average molecular weight is 445 g/mol. The van der Waals surface area contributed by atoms with E-state index in [1.807, 2.05) is 0 Å². The summed E-state index contributed by atoms with van der Waals surface area (Å²) in [4.78, 5) is 45.4. The van der Waals surface area contributed by atoms with Gasteiger partial charge in [0.05, 0.1) is 6.61 Å². The lowest BCUT2D eigenvalue weighted by molar-refractivity contribution is -0.160. The van der Waals surface area contributed by atoms with Crippen molar-refractivity contribution in [2.45, 2.75) is 108 Å². The van der Waals surface area contributed by atoms with Gasteiger partial charge in [-0.05, 0) is 12.8 Å². The number of ketones is 1. The van der Waals surface area contributed by atoms with Crippen LogP contribution in [-0.4, -0.2) is 63.9 Å². The lowest BCUT2D eigenvalue weighted by Gasteiger charge is -2.20. The van der Waals surface area contributed by atoms with Crippen LogP contribution in [0.2, 0.25) is 0 Å². The van der Waals surface area contributed by atoms with Gasteiger partial charge in [-0.3, -0.25) is 14.4 Å². The van der Waals surface area contributed by atoms with Crippen LogP contribution in [0.15, 0.2) is 0 Å². The number of carbonyl (C=O) groups excluding carboxylic acids is 3. The molecule has 9 nitrogen and oxygen atoms in total. The molecule has 1 rings (SSSR count). The number of aliphatic hydroxyl groups is 2. The summed E-state index contributed by atoms with van der Waals surface area (Å²) in [5, 5.41) is 27.1. The van der Waals surface area contributed by atoms with Crippen LogP contribution in [0.3, 0.4) is 0 Å². The van der Waals surface area contributed by atoms with E-state index in [0.29, 0.717) is 6.42 Å². The molecule has 1 unspecified atom stereocenters. The van der Waals surface area contributed by atoms with Gasteiger partial charge >= 0.3 is 17.9 Å². The van der Waals surface area contributed by atoms with Crippen molar-refractivity contribution < 1.29 is 44.0 Å². The molecule has 0 amide bonds. The lowest BCUT2D eigenvalue weighted by atomic mass is 10.0. The first-order valence-corrected chi connectivity index (χ1v) is 11.3. The molecule has 1 saturated heterocycles. The molecule has 0 bridgehead atoms. The minimum atomic E-state index is -1.50. The molecule has 1 aliphatic rings. The number of cyclic esters (lactones) is 1. The fraction of sp³-hybridized carbons (Fsp3) is 0.818. The summed E-state index contributed by atoms with van der Waals surface area (Å²) in [6, 6.07) is 0. The van der Waals surface area contributed by atoms with Crippen molar-refractivity contribution >= 4 is 23.7 Å². The summed E-state index contributed by atoms with van der Waals surface area (Å²) >= 11 is 0. The quantitative estimate of drug-likeness (QED) is 0.164. The van der Waals surface area contributed by atoms with Crippen LogP contribution in [0.25, 0.3) is 0 Å². The SMILES string of the molecule is O=C(O)CCCCCCCCCCCCCCC(=O)OC1C(=O)C(=O)O[C@@H]1[C@@H](O)CO. The van der Waals surface area contributed by atoms with Crippen molar-refractivity contribution in [1.29, 1.82) is 0 Å². The summed E-state index contributed by atoms with van der Waals surface area (Å²) < 4.78 is 9.69. The van der Waals surface area contributed by atoms with Gasteiger partial charge in [-0.2, -0.15) is 0 Å². The fourth-order valence-corrected chi connectivity index (χ4v) is 3.53. The van der Waals surface area contributed by atoms with Gasteiger partial charge < -0.3 is 24.8 Å². The Morgan fingerprint density at radius 2 is 1.29 bits per heavy atom. The Morgan fingerprint density at radius 3 is 1.74 bits per heavy atom. The van der Waals surface area contributed by atoms with Crippen LogP contribution in [0, 0.1) is 0 Å². The van der Waals surface area contributed by atoms with E-state index in [2.05, 4.69) is 4.74 Å². The first-order chi connectivity index (χ1) is 14.9. The van der Waals surface area contributed by atoms with Crippen LogP contribution in [0.5, 0.6) is 0 Å². The Kier molecular flexibility index (Phi) is 13.7. The third-order valence-electron chi connectivity index (χ3n) is 5.35. The van der Waals surface area contributed by atoms with Gasteiger partial charge in [0.2, 0.25) is 6.10 Å². The van der Waals surface area contributed by atoms with Gasteiger partial charge in [0.15, 0.2) is 6.10 Å². The third-order valence-corrected chi connectivity index (χ3v) is 5.35. The highest BCUT2D eigenvalue weighted by atomic mass is 16.6. The zero-order chi connectivity index (χ0) is 23.1. The molecule has 9 heteroatoms. The van der Waals surface area contributed by atoms with E-state index in [9.17, 15) is 24.3 Å². The van der Waals surface area contributed by atoms with Crippen molar-refractivity contribution in [3.05, 3.63) is 0 Å². The summed E-state index contributed by atoms with van der Waals surface area (Å²) in [5.74, 6) is -3.55. The van der Waals surface area contributed by atoms with E-state index >= 15 is 0 Å². The number of hydrogen-bond acceptors (Lipinski definition) is 8. The van der Waals surface area contributed by atoms with Crippen molar-refractivity contribution in [1.82, 2.24) is 0 Å². The molecule has 0 radical (unpaired) electrons. The zero-order valence-corrected chi connectivity index (χ0v) is 18.1. The third kappa shape index (κ3) is 11.3. The Morgan fingerprint density at radius 1 is 0.839 bits per heavy atom. The molecule has 0 aliphatic carbocycles. The molecule has 3 atom stereocenters. The molecule has 0 saturated carbocycles. The molecule has 1 heterocycles. The largest absolute Gasteiger partial charge is 0.481 e. The second kappa shape index (κ2) is 15.8. The van der Waals surface area contributed by atoms with E-state index in [1.165, 1.54) is 19.3 Å². The van der Waals surface area contributed by atoms with E-state index in [4.69, 9.17) is 14.9 Å². The second-order valence-corrected chi connectivity index (χ2v) is 8.03. The van der Waals surface area contributed by atoms with E-state index in [-0.39, 0.29) is 12.8 Å². The van der Waals surface area contributed by atoms with Crippen molar-refractivity contribution in [3.63, 3.8) is 0 Å². The number of carboxylic acids is 1. The maximum atomic E-state index is 11.9. The summed E-state index contributed by atoms with van der Waals surface area (Å²) in [7, 11) is 0. The summed E-state index contributed by atoms with van der Waals surface area (Å²) in [6.07, 6.45) is 8.24. The van der Waals surface area contributed by atoms with Crippen molar-refractivity contribution in [2.24, 2.45) is 0 Å². The number of carboxylic acid groups (broad SMARTS) is 1. The van der Waals surface area contributed by atoms with Gasteiger partial charge in [0, 0.05) is 12.8 Å². The highest BCUT2D eigenvalue weighted by Crippen LogP contribution is 2.20. The Bertz CT molecular complexity index is 575. The number of rotatable bonds is 18. The predicted molar refractivity (Wildman–Crippen MR) is 110 cm³/mol. The highest BCUT2D eigenvalue weighted by Gasteiger charge is 2.49. The first kappa shape index (κ1) is 27.0. The van der Waals surface area contributed by atoms with Crippen molar-refractivity contribution in [3.8, 4) is 0 Å². The minimum absolute atomic E-state index is 0.113. The number of aliphatic carboxylic acids is 1. The zero-order valence-electron chi connectivity index (χ0n) is 18.1. The Hall–Kier alpha value is -2.00. The molecule has 0 aromatic rings. The molecule has 0 aromatic heterocycles. The fourth-order valence-electron chi connectivity index (χ4n) is 3.53. The molecular formula is C22H36O9. The maximum absolute atomic E-state index is 11.9. The average Bonchev–Trinajstić information content (AvgIpc) is 3.01. The number of unbranched alkanes of at least 4 members (excludes halogenated alkanes) is 11. The number of ether oxygens (including phenoxy) is 2. The number of Topliss-reactive ketones (excluding diaryl/α,β-unsaturated/α-hetero) is 1. The van der Waals surface area contributed by atoms with E-state index in [1.54, 1.807) is 0 Å². The highest BCUT2D eigenvalue weighted by molar-refractivity contribution is 6.37. The molecular weight excluding hydrogens is 408 g/mol. The molecule has 31 heavy (non-hydrogen) atoms. The number of esters is 2. The number of carbonyl (C=O) groups is 4. The van der Waals surface area contributed by atoms with Crippen LogP contribution in [0.1, 0.15) is 89.9 Å². The smallest absolute Gasteiger partial charge is 0.379 e. The van der Waals surface area contributed by atoms with Gasteiger partial charge in [-0.1, -0.05) is 64.2 Å². The summed E-state index contributed by atoms with van der Waals surface area (Å²) in [6.45, 7) is -0.716. The Labute approximate surface area is 183 Å². The standard InChI is InChI=1S/C22H36O9/c23-15-16(24)20-21(19(28)22(29)31-20)30-18(27)14-12-10-8-6-4-2-1-3-5-7-9-11-13-17(25)26/h16,20-21,23-24H,1-15H2,(H,25,26)/t16-,20+,21?/m0/s1. The molecule has 0 aromatic carbocycles. The van der Waals surface area contributed by atoms with Gasteiger partial charge in [0.25, 0.3) is 5.78 Å². The minimum Gasteiger partial charge on any atom is -0.481 e. The lowest BCUT2D eigenvalue weighted by Crippen LogP contribution is -2.41. The van der Waals surface area contributed by atoms with Gasteiger partial charge in [0.1, 0.15) is 6.10 Å². The van der Waals surface area contributed by atoms with E-state index < -0.39 is 48.6 Å². The molecule has 0 spiro atoms. The molecule has 1 fully saturated rings. The number of aliphatic hydroxyl groups excluding tert-OH is 2. The second-order valence-electron chi connectivity index (χ2n) is 8.03. The van der Waals surface area contributed by atoms with Crippen molar-refractivity contribution in [2.75, 3.05) is 6.61 Å².